The van der Waals surface area contributed by atoms with Gasteiger partial charge < -0.3 is 60.4 Å². The molecular formula is C43H62FN9O7. The first kappa shape index (κ1) is 44.6. The number of oxazole rings is 1. The minimum Gasteiger partial charge on any atom is -0.423 e. The van der Waals surface area contributed by atoms with Gasteiger partial charge >= 0.3 is 6.03 Å². The maximum atomic E-state index is 14.7. The van der Waals surface area contributed by atoms with Gasteiger partial charge in [-0.05, 0) is 82.9 Å². The third-order valence-electron chi connectivity index (χ3n) is 11.2. The summed E-state index contributed by atoms with van der Waals surface area (Å²) in [5.74, 6) is -1.22. The summed E-state index contributed by atoms with van der Waals surface area (Å²) < 4.78 is 41.2. The molecule has 328 valence electrons. The van der Waals surface area contributed by atoms with Crippen LogP contribution in [0.25, 0.3) is 22.0 Å². The van der Waals surface area contributed by atoms with Crippen molar-refractivity contribution in [2.45, 2.75) is 97.2 Å². The first-order valence-electron chi connectivity index (χ1n) is 20.9. The maximum Gasteiger partial charge on any atom is 0.312 e. The molecule has 2 aliphatic rings. The van der Waals surface area contributed by atoms with Crippen LogP contribution in [-0.2, 0) is 43.3 Å². The van der Waals surface area contributed by atoms with E-state index in [0.29, 0.717) is 45.3 Å². The predicted molar refractivity (Wildman–Crippen MR) is 228 cm³/mol. The SMILES string of the molecule is CC(C)[C@H](N)C(=O)N[C@@H](CCCNC(N)=O)C(=O)NCC(C)(C)OCC(C)(C)OCCn1c2c(c3ccc(F)cc31)CN(c1ccc3oc(N4CCOCC4)nc3c1)CC2. The second-order valence-electron chi connectivity index (χ2n) is 17.3. The van der Waals surface area contributed by atoms with E-state index in [1.54, 1.807) is 6.07 Å². The fourth-order valence-electron chi connectivity index (χ4n) is 7.54. The number of halogens is 1. The Bertz CT molecular complexity index is 2130. The Morgan fingerprint density at radius 3 is 2.47 bits per heavy atom. The number of hydrogen-bond acceptors (Lipinski definition) is 11. The highest BCUT2D eigenvalue weighted by molar-refractivity contribution is 5.90. The monoisotopic (exact) mass is 835 g/mol. The average Bonchev–Trinajstić information content (AvgIpc) is 3.78. The molecule has 60 heavy (non-hydrogen) atoms. The maximum absolute atomic E-state index is 14.7. The highest BCUT2D eigenvalue weighted by Crippen LogP contribution is 2.35. The summed E-state index contributed by atoms with van der Waals surface area (Å²) in [5, 5.41) is 9.18. The zero-order chi connectivity index (χ0) is 43.2. The minimum absolute atomic E-state index is 0.117. The Morgan fingerprint density at radius 2 is 1.73 bits per heavy atom. The highest BCUT2D eigenvalue weighted by Gasteiger charge is 2.30. The van der Waals surface area contributed by atoms with Gasteiger partial charge in [-0.3, -0.25) is 9.59 Å². The van der Waals surface area contributed by atoms with E-state index >= 15 is 0 Å². The predicted octanol–water partition coefficient (Wildman–Crippen LogP) is 3.94. The number of nitrogens with one attached hydrogen (secondary N) is 3. The van der Waals surface area contributed by atoms with Crippen LogP contribution in [0, 0.1) is 11.7 Å². The second-order valence-corrected chi connectivity index (χ2v) is 17.3. The zero-order valence-electron chi connectivity index (χ0n) is 35.8. The third-order valence-corrected chi connectivity index (χ3v) is 11.2. The van der Waals surface area contributed by atoms with Crippen LogP contribution < -0.4 is 37.2 Å². The number of carbonyl (C=O) groups is 3. The van der Waals surface area contributed by atoms with Gasteiger partial charge in [0.15, 0.2) is 5.58 Å². The van der Waals surface area contributed by atoms with E-state index in [1.165, 1.54) is 17.3 Å². The third kappa shape index (κ3) is 11.2. The van der Waals surface area contributed by atoms with E-state index in [-0.39, 0.29) is 43.8 Å². The second kappa shape index (κ2) is 19.2. The molecule has 0 unspecified atom stereocenters. The first-order valence-corrected chi connectivity index (χ1v) is 20.9. The quantitative estimate of drug-likeness (QED) is 0.0857. The molecule has 4 heterocycles. The molecule has 2 atom stereocenters. The molecule has 2 aromatic heterocycles. The van der Waals surface area contributed by atoms with E-state index in [9.17, 15) is 18.8 Å². The van der Waals surface area contributed by atoms with Crippen molar-refractivity contribution in [1.29, 1.82) is 0 Å². The topological polar surface area (TPSA) is 204 Å². The Kier molecular flexibility index (Phi) is 14.2. The van der Waals surface area contributed by atoms with E-state index in [4.69, 9.17) is 35.1 Å². The number of primary amides is 1. The molecule has 4 amide bonds. The van der Waals surface area contributed by atoms with Crippen LogP contribution in [0.5, 0.6) is 0 Å². The number of rotatable bonds is 19. The highest BCUT2D eigenvalue weighted by atomic mass is 19.1. The summed E-state index contributed by atoms with van der Waals surface area (Å²) in [4.78, 5) is 46.4. The normalized spacial score (nSPS) is 15.9. The molecule has 6 rings (SSSR count). The summed E-state index contributed by atoms with van der Waals surface area (Å²) in [6.07, 6.45) is 1.45. The molecule has 16 nitrogen and oxygen atoms in total. The van der Waals surface area contributed by atoms with Crippen LogP contribution in [0.3, 0.4) is 0 Å². The number of urea groups is 1. The van der Waals surface area contributed by atoms with Crippen molar-refractivity contribution in [3.8, 4) is 0 Å². The molecule has 2 aliphatic heterocycles. The summed E-state index contributed by atoms with van der Waals surface area (Å²) in [5.41, 5.74) is 15.5. The van der Waals surface area contributed by atoms with Crippen LogP contribution in [0.2, 0.25) is 0 Å². The number of fused-ring (bicyclic) bond motifs is 4. The van der Waals surface area contributed by atoms with Gasteiger partial charge in [0.1, 0.15) is 17.4 Å². The number of nitrogens with zero attached hydrogens (tertiary/aromatic N) is 4. The van der Waals surface area contributed by atoms with Crippen LogP contribution in [0.1, 0.15) is 65.6 Å². The van der Waals surface area contributed by atoms with Gasteiger partial charge in [-0.25, -0.2) is 9.18 Å². The molecule has 0 spiro atoms. The molecular weight excluding hydrogens is 774 g/mol. The minimum atomic E-state index is -0.863. The Hall–Kier alpha value is -4.97. The summed E-state index contributed by atoms with van der Waals surface area (Å²) in [7, 11) is 0. The number of benzene rings is 2. The molecule has 4 aromatic rings. The molecule has 2 aromatic carbocycles. The Morgan fingerprint density at radius 1 is 0.967 bits per heavy atom. The molecule has 7 N–H and O–H groups in total. The van der Waals surface area contributed by atoms with Gasteiger partial charge in [-0.1, -0.05) is 13.8 Å². The summed E-state index contributed by atoms with van der Waals surface area (Å²) >= 11 is 0. The largest absolute Gasteiger partial charge is 0.423 e. The summed E-state index contributed by atoms with van der Waals surface area (Å²) in [6.45, 7) is 17.1. The lowest BCUT2D eigenvalue weighted by Crippen LogP contribution is -2.54. The lowest BCUT2D eigenvalue weighted by Gasteiger charge is -2.33. The molecule has 0 aliphatic carbocycles. The lowest BCUT2D eigenvalue weighted by atomic mass is 10.0. The lowest BCUT2D eigenvalue weighted by molar-refractivity contribution is -0.134. The fourth-order valence-corrected chi connectivity index (χ4v) is 7.54. The number of ether oxygens (including phenoxy) is 3. The standard InChI is InChI=1S/C43H62FN9O7/c1-27(2)37(45)39(55)49-32(8-7-14-47-40(46)56)38(54)48-25-42(3,4)59-26-43(5,6)58-21-18-53-34-13-15-52(24-31(34)30-11-9-28(44)22-35(30)53)29-10-12-36-33(23-29)50-41(60-36)51-16-19-57-20-17-51/h9-12,22-23,27,32,37H,7-8,13-21,24-26,45H2,1-6H3,(H,48,54)(H,49,55)(H3,46,47,56)/t32-,37-/m0/s1. The van der Waals surface area contributed by atoms with Gasteiger partial charge in [0.25, 0.3) is 6.01 Å². The van der Waals surface area contributed by atoms with Crippen LogP contribution in [0.15, 0.2) is 40.8 Å². The summed E-state index contributed by atoms with van der Waals surface area (Å²) in [6, 6.07) is 9.44. The molecule has 1 saturated heterocycles. The van der Waals surface area contributed by atoms with Crippen LogP contribution in [-0.4, -0.2) is 110 Å². The van der Waals surface area contributed by atoms with Gasteiger partial charge in [-0.2, -0.15) is 4.98 Å². The van der Waals surface area contributed by atoms with E-state index in [1.807, 2.05) is 53.7 Å². The molecule has 0 bridgehead atoms. The van der Waals surface area contributed by atoms with Crippen LogP contribution >= 0.6 is 0 Å². The molecule has 1 fully saturated rings. The number of nitrogens with two attached hydrogens (primary N) is 2. The number of amides is 4. The number of hydrogen-bond donors (Lipinski definition) is 5. The van der Waals surface area contributed by atoms with Crippen molar-refractivity contribution in [3.05, 3.63) is 53.5 Å². The van der Waals surface area contributed by atoms with Crippen molar-refractivity contribution in [3.63, 3.8) is 0 Å². The first-order chi connectivity index (χ1) is 28.5. The van der Waals surface area contributed by atoms with Crippen molar-refractivity contribution in [1.82, 2.24) is 25.5 Å². The Balaban J connectivity index is 1.04. The number of anilines is 2. The number of morpholine rings is 1. The number of aromatic nitrogens is 2. The van der Waals surface area contributed by atoms with E-state index in [0.717, 1.165) is 53.7 Å². The van der Waals surface area contributed by atoms with Crippen molar-refractivity contribution in [2.24, 2.45) is 17.4 Å². The molecule has 0 saturated carbocycles. The zero-order valence-corrected chi connectivity index (χ0v) is 35.8. The molecule has 17 heteroatoms. The van der Waals surface area contributed by atoms with Crippen LogP contribution in [0.4, 0.5) is 20.9 Å². The van der Waals surface area contributed by atoms with E-state index in [2.05, 4.69) is 42.5 Å². The van der Waals surface area contributed by atoms with Crippen molar-refractivity contribution >= 4 is 51.6 Å². The van der Waals surface area contributed by atoms with E-state index < -0.39 is 35.2 Å². The number of carbonyl (C=O) groups excluding carboxylic acids is 3. The molecule has 0 radical (unpaired) electrons. The fraction of sp³-hybridized carbons (Fsp3) is 0.581. The average molecular weight is 836 g/mol. The van der Waals surface area contributed by atoms with Gasteiger partial charge in [0.2, 0.25) is 11.8 Å². The van der Waals surface area contributed by atoms with Gasteiger partial charge in [-0.15, -0.1) is 0 Å². The van der Waals surface area contributed by atoms with Gasteiger partial charge in [0.05, 0.1) is 49.2 Å². The smallest absolute Gasteiger partial charge is 0.312 e. The van der Waals surface area contributed by atoms with Crippen molar-refractivity contribution in [2.75, 3.05) is 69.0 Å². The van der Waals surface area contributed by atoms with Gasteiger partial charge in [0, 0.05) is 74.6 Å². The van der Waals surface area contributed by atoms with Crippen molar-refractivity contribution < 1.29 is 37.4 Å². The Labute approximate surface area is 350 Å².